The summed E-state index contributed by atoms with van der Waals surface area (Å²) in [5.74, 6) is -2.71. The van der Waals surface area contributed by atoms with Crippen LogP contribution in [-0.2, 0) is 5.82 Å². The highest BCUT2D eigenvalue weighted by Gasteiger charge is 2.22. The Morgan fingerprint density at radius 2 is 1.60 bits per heavy atom. The Hall–Kier alpha value is -0.855. The van der Waals surface area contributed by atoms with E-state index in [2.05, 4.69) is 0 Å². The van der Waals surface area contributed by atoms with Gasteiger partial charge in [0.15, 0.2) is 7.85 Å². The standard InChI is InChI=1S/C7H7BF2/c8-7(9,10)6-4-2-1-3-5-6/h1-5H,8H2. The van der Waals surface area contributed by atoms with Gasteiger partial charge >= 0.3 is 0 Å². The number of hydrogen-bond acceptors (Lipinski definition) is 0. The van der Waals surface area contributed by atoms with Crippen LogP contribution in [0, 0.1) is 0 Å². The molecule has 0 amide bonds. The fourth-order valence-corrected chi connectivity index (χ4v) is 0.731. The first-order valence-electron chi connectivity index (χ1n) is 3.04. The van der Waals surface area contributed by atoms with Gasteiger partial charge in [0.1, 0.15) is 0 Å². The van der Waals surface area contributed by atoms with E-state index in [1.54, 1.807) is 18.2 Å². The fourth-order valence-electron chi connectivity index (χ4n) is 0.731. The smallest absolute Gasteiger partial charge is 0.213 e. The second-order valence-corrected chi connectivity index (χ2v) is 2.25. The minimum atomic E-state index is -2.71. The van der Waals surface area contributed by atoms with Crippen molar-refractivity contribution in [3.63, 3.8) is 0 Å². The number of rotatable bonds is 1. The Balaban J connectivity index is 2.97. The molecule has 3 heteroatoms. The predicted octanol–water partition coefficient (Wildman–Crippen LogP) is 1.37. The Kier molecular flexibility index (Phi) is 1.75. The normalized spacial score (nSPS) is 11.4. The van der Waals surface area contributed by atoms with E-state index >= 15 is 0 Å². The van der Waals surface area contributed by atoms with Gasteiger partial charge in [0.2, 0.25) is 5.82 Å². The Bertz CT molecular complexity index is 203. The van der Waals surface area contributed by atoms with Gasteiger partial charge in [-0.05, 0) is 0 Å². The SMILES string of the molecule is BC(F)(F)c1ccccc1. The van der Waals surface area contributed by atoms with Crippen LogP contribution in [0.15, 0.2) is 30.3 Å². The van der Waals surface area contributed by atoms with E-state index in [1.807, 2.05) is 0 Å². The molecule has 0 aliphatic carbocycles. The van der Waals surface area contributed by atoms with E-state index in [9.17, 15) is 8.78 Å². The molecule has 1 aromatic rings. The lowest BCUT2D eigenvalue weighted by atomic mass is 9.91. The fraction of sp³-hybridized carbons (Fsp3) is 0.143. The van der Waals surface area contributed by atoms with E-state index in [4.69, 9.17) is 0 Å². The molecule has 1 aromatic carbocycles. The van der Waals surface area contributed by atoms with Crippen LogP contribution in [0.3, 0.4) is 0 Å². The third-order valence-electron chi connectivity index (χ3n) is 1.28. The molecular formula is C7H7BF2. The Morgan fingerprint density at radius 1 is 1.10 bits per heavy atom. The van der Waals surface area contributed by atoms with Gasteiger partial charge in [-0.3, -0.25) is 0 Å². The van der Waals surface area contributed by atoms with Crippen molar-refractivity contribution in [1.29, 1.82) is 0 Å². The van der Waals surface area contributed by atoms with E-state index < -0.39 is 5.82 Å². The minimum absolute atomic E-state index is 0.0648. The minimum Gasteiger partial charge on any atom is -0.213 e. The first-order chi connectivity index (χ1) is 4.61. The molecule has 0 aliphatic rings. The lowest BCUT2D eigenvalue weighted by molar-refractivity contribution is 0.0941. The van der Waals surface area contributed by atoms with E-state index in [0.29, 0.717) is 0 Å². The summed E-state index contributed by atoms with van der Waals surface area (Å²) < 4.78 is 24.9. The van der Waals surface area contributed by atoms with E-state index in [1.165, 1.54) is 12.1 Å². The average molecular weight is 140 g/mol. The van der Waals surface area contributed by atoms with Gasteiger partial charge in [0, 0.05) is 5.56 Å². The number of alkyl halides is 2. The van der Waals surface area contributed by atoms with Gasteiger partial charge in [-0.1, -0.05) is 30.3 Å². The van der Waals surface area contributed by atoms with Gasteiger partial charge in [-0.2, -0.15) is 0 Å². The molecule has 10 heavy (non-hydrogen) atoms. The van der Waals surface area contributed by atoms with Gasteiger partial charge in [-0.25, -0.2) is 8.78 Å². The zero-order valence-corrected chi connectivity index (χ0v) is 5.64. The summed E-state index contributed by atoms with van der Waals surface area (Å²) in [5.41, 5.74) is 0.0648. The Labute approximate surface area is 59.3 Å². The monoisotopic (exact) mass is 140 g/mol. The quantitative estimate of drug-likeness (QED) is 0.516. The molecular weight excluding hydrogens is 133 g/mol. The molecule has 0 aromatic heterocycles. The summed E-state index contributed by atoms with van der Waals surface area (Å²) in [6.07, 6.45) is 0. The summed E-state index contributed by atoms with van der Waals surface area (Å²) in [5, 5.41) is 0. The molecule has 0 heterocycles. The average Bonchev–Trinajstić information content (AvgIpc) is 1.88. The number of halogens is 2. The Morgan fingerprint density at radius 3 is 1.90 bits per heavy atom. The molecule has 0 aliphatic heterocycles. The van der Waals surface area contributed by atoms with Gasteiger partial charge in [0.25, 0.3) is 0 Å². The second-order valence-electron chi connectivity index (χ2n) is 2.25. The first-order valence-corrected chi connectivity index (χ1v) is 3.04. The molecule has 0 atom stereocenters. The third kappa shape index (κ3) is 1.56. The van der Waals surface area contributed by atoms with Crippen LogP contribution in [0.2, 0.25) is 0 Å². The maximum absolute atomic E-state index is 12.5. The molecule has 52 valence electrons. The van der Waals surface area contributed by atoms with Crippen LogP contribution in [0.4, 0.5) is 8.78 Å². The number of hydrogen-bond donors (Lipinski definition) is 0. The molecule has 0 saturated heterocycles. The van der Waals surface area contributed by atoms with Crippen LogP contribution < -0.4 is 0 Å². The molecule has 0 saturated carbocycles. The maximum Gasteiger partial charge on any atom is 0.231 e. The van der Waals surface area contributed by atoms with Crippen molar-refractivity contribution in [3.05, 3.63) is 35.9 Å². The largest absolute Gasteiger partial charge is 0.231 e. The highest BCUT2D eigenvalue weighted by molar-refractivity contribution is 6.13. The lowest BCUT2D eigenvalue weighted by Gasteiger charge is -2.08. The molecule has 0 radical (unpaired) electrons. The number of benzene rings is 1. The van der Waals surface area contributed by atoms with Crippen molar-refractivity contribution >= 4 is 7.85 Å². The van der Waals surface area contributed by atoms with Crippen molar-refractivity contribution in [2.75, 3.05) is 0 Å². The second kappa shape index (κ2) is 2.41. The zero-order chi connectivity index (χ0) is 7.61. The molecule has 0 bridgehead atoms. The summed E-state index contributed by atoms with van der Waals surface area (Å²) in [4.78, 5) is 0. The first kappa shape index (κ1) is 7.25. The van der Waals surface area contributed by atoms with E-state index in [0.717, 1.165) is 7.85 Å². The van der Waals surface area contributed by atoms with Gasteiger partial charge in [0.05, 0.1) is 0 Å². The summed E-state index contributed by atoms with van der Waals surface area (Å²) in [6, 6.07) is 7.76. The third-order valence-corrected chi connectivity index (χ3v) is 1.28. The van der Waals surface area contributed by atoms with Gasteiger partial charge < -0.3 is 0 Å². The summed E-state index contributed by atoms with van der Waals surface area (Å²) >= 11 is 0. The molecule has 0 unspecified atom stereocenters. The van der Waals surface area contributed by atoms with Crippen molar-refractivity contribution in [2.45, 2.75) is 5.82 Å². The highest BCUT2D eigenvalue weighted by atomic mass is 19.3. The van der Waals surface area contributed by atoms with Crippen molar-refractivity contribution < 1.29 is 8.78 Å². The topological polar surface area (TPSA) is 0 Å². The summed E-state index contributed by atoms with van der Waals surface area (Å²) in [6.45, 7) is 0. The van der Waals surface area contributed by atoms with Crippen molar-refractivity contribution in [2.24, 2.45) is 0 Å². The van der Waals surface area contributed by atoms with Crippen LogP contribution in [-0.4, -0.2) is 7.85 Å². The highest BCUT2D eigenvalue weighted by Crippen LogP contribution is 2.22. The van der Waals surface area contributed by atoms with E-state index in [-0.39, 0.29) is 5.56 Å². The molecule has 0 N–H and O–H groups in total. The molecule has 0 fully saturated rings. The zero-order valence-electron chi connectivity index (χ0n) is 5.64. The molecule has 0 spiro atoms. The molecule has 1 rings (SSSR count). The van der Waals surface area contributed by atoms with Crippen LogP contribution in [0.1, 0.15) is 5.56 Å². The molecule has 0 nitrogen and oxygen atoms in total. The lowest BCUT2D eigenvalue weighted by Crippen LogP contribution is -2.11. The summed E-state index contributed by atoms with van der Waals surface area (Å²) in [7, 11) is 0.891. The van der Waals surface area contributed by atoms with Crippen LogP contribution in [0.5, 0.6) is 0 Å². The van der Waals surface area contributed by atoms with Crippen LogP contribution in [0.25, 0.3) is 0 Å². The van der Waals surface area contributed by atoms with Crippen molar-refractivity contribution in [1.82, 2.24) is 0 Å². The van der Waals surface area contributed by atoms with Crippen molar-refractivity contribution in [3.8, 4) is 0 Å². The van der Waals surface area contributed by atoms with Crippen LogP contribution >= 0.6 is 0 Å². The van der Waals surface area contributed by atoms with Gasteiger partial charge in [-0.15, -0.1) is 0 Å². The predicted molar refractivity (Wildman–Crippen MR) is 38.9 cm³/mol. The maximum atomic E-state index is 12.5.